The van der Waals surface area contributed by atoms with Crippen molar-refractivity contribution in [2.45, 2.75) is 5.16 Å². The van der Waals surface area contributed by atoms with E-state index in [0.29, 0.717) is 28.2 Å². The fourth-order valence-electron chi connectivity index (χ4n) is 2.29. The first-order valence-corrected chi connectivity index (χ1v) is 9.32. The highest BCUT2D eigenvalue weighted by Gasteiger charge is 2.13. The molecule has 0 saturated carbocycles. The summed E-state index contributed by atoms with van der Waals surface area (Å²) in [7, 11) is 3.08. The van der Waals surface area contributed by atoms with Crippen molar-refractivity contribution in [3.63, 3.8) is 0 Å². The zero-order valence-corrected chi connectivity index (χ0v) is 16.2. The van der Waals surface area contributed by atoms with E-state index < -0.39 is 0 Å². The van der Waals surface area contributed by atoms with Crippen LogP contribution in [0, 0.1) is 0 Å². The Hall–Kier alpha value is -3.33. The van der Waals surface area contributed by atoms with E-state index in [1.54, 1.807) is 31.5 Å². The molecule has 3 rings (SSSR count). The summed E-state index contributed by atoms with van der Waals surface area (Å²) in [5.74, 6) is 1.62. The quantitative estimate of drug-likeness (QED) is 0.247. The van der Waals surface area contributed by atoms with Gasteiger partial charge in [0, 0.05) is 5.56 Å². The van der Waals surface area contributed by atoms with Gasteiger partial charge in [-0.2, -0.15) is 10.1 Å². The van der Waals surface area contributed by atoms with Crippen molar-refractivity contribution in [1.29, 1.82) is 0 Å². The predicted octanol–water partition coefficient (Wildman–Crippen LogP) is 3.24. The van der Waals surface area contributed by atoms with Crippen molar-refractivity contribution in [3.8, 4) is 11.5 Å². The van der Waals surface area contributed by atoms with Crippen molar-refractivity contribution in [2.75, 3.05) is 25.4 Å². The Morgan fingerprint density at radius 3 is 2.71 bits per heavy atom. The normalized spacial score (nSPS) is 10.8. The first-order chi connectivity index (χ1) is 13.7. The van der Waals surface area contributed by atoms with E-state index >= 15 is 0 Å². The van der Waals surface area contributed by atoms with Crippen molar-refractivity contribution in [2.24, 2.45) is 5.10 Å². The van der Waals surface area contributed by atoms with E-state index in [0.717, 1.165) is 5.56 Å². The molecule has 0 bridgehead atoms. The molecule has 1 heterocycles. The Bertz CT molecular complexity index is 959. The number of rotatable bonds is 9. The van der Waals surface area contributed by atoms with Gasteiger partial charge in [0.2, 0.25) is 11.1 Å². The fourth-order valence-corrected chi connectivity index (χ4v) is 2.98. The van der Waals surface area contributed by atoms with Crippen LogP contribution >= 0.6 is 11.8 Å². The number of anilines is 1. The van der Waals surface area contributed by atoms with E-state index in [9.17, 15) is 4.79 Å². The summed E-state index contributed by atoms with van der Waals surface area (Å²) in [4.78, 5) is 16.6. The molecule has 0 fully saturated rings. The molecule has 1 aromatic heterocycles. The van der Waals surface area contributed by atoms with Gasteiger partial charge in [-0.05, 0) is 23.8 Å². The average Bonchev–Trinajstić information content (AvgIpc) is 3.20. The number of nitrogens with one attached hydrogen (secondary N) is 2. The number of Topliss-reactive ketones (excluding diaryl/α,β-unsaturated/α-hetero) is 1. The Kier molecular flexibility index (Phi) is 6.64. The van der Waals surface area contributed by atoms with Crippen LogP contribution in [-0.4, -0.2) is 47.2 Å². The minimum absolute atomic E-state index is 0.0626. The minimum atomic E-state index is -0.0626. The maximum atomic E-state index is 12.4. The number of methoxy groups -OCH3 is 2. The molecule has 28 heavy (non-hydrogen) atoms. The lowest BCUT2D eigenvalue weighted by Crippen LogP contribution is -2.03. The van der Waals surface area contributed by atoms with Crippen LogP contribution in [0.1, 0.15) is 15.9 Å². The molecular formula is C19H19N5O3S. The summed E-state index contributed by atoms with van der Waals surface area (Å²) in [5.41, 5.74) is 4.27. The van der Waals surface area contributed by atoms with Crippen LogP contribution in [0.3, 0.4) is 0 Å². The SMILES string of the molecule is COc1ccc(C(=O)CSc2n[nH]c(N/N=C\c3ccccc3)n2)cc1OC. The Balaban J connectivity index is 1.54. The smallest absolute Gasteiger partial charge is 0.240 e. The number of hydrogen-bond acceptors (Lipinski definition) is 8. The lowest BCUT2D eigenvalue weighted by molar-refractivity contribution is 0.102. The lowest BCUT2D eigenvalue weighted by Gasteiger charge is -2.08. The number of aromatic nitrogens is 3. The number of ketones is 1. The van der Waals surface area contributed by atoms with Gasteiger partial charge in [-0.1, -0.05) is 42.1 Å². The monoisotopic (exact) mass is 397 g/mol. The summed E-state index contributed by atoms with van der Waals surface area (Å²) in [5, 5.41) is 11.3. The molecule has 0 aliphatic rings. The fraction of sp³-hybridized carbons (Fsp3) is 0.158. The Labute approximate surface area is 166 Å². The van der Waals surface area contributed by atoms with Crippen LogP contribution in [0.25, 0.3) is 0 Å². The van der Waals surface area contributed by atoms with E-state index in [4.69, 9.17) is 9.47 Å². The topological polar surface area (TPSA) is 101 Å². The molecule has 0 amide bonds. The second kappa shape index (κ2) is 9.56. The molecule has 3 aromatic rings. The molecule has 0 atom stereocenters. The molecular weight excluding hydrogens is 378 g/mol. The van der Waals surface area contributed by atoms with Crippen LogP contribution in [0.4, 0.5) is 5.95 Å². The molecule has 2 N–H and O–H groups in total. The van der Waals surface area contributed by atoms with Gasteiger partial charge in [-0.25, -0.2) is 10.5 Å². The number of carbonyl (C=O) groups is 1. The van der Waals surface area contributed by atoms with Gasteiger partial charge >= 0.3 is 0 Å². The number of aromatic amines is 1. The summed E-state index contributed by atoms with van der Waals surface area (Å²) in [6.45, 7) is 0. The number of carbonyl (C=O) groups excluding carboxylic acids is 1. The second-order valence-electron chi connectivity index (χ2n) is 5.53. The summed E-state index contributed by atoms with van der Waals surface area (Å²) in [6.07, 6.45) is 1.68. The molecule has 144 valence electrons. The number of hydrazone groups is 1. The molecule has 9 heteroatoms. The van der Waals surface area contributed by atoms with E-state index in [1.807, 2.05) is 30.3 Å². The first kappa shape index (κ1) is 19.4. The third kappa shape index (κ3) is 5.10. The molecule has 0 spiro atoms. The van der Waals surface area contributed by atoms with Gasteiger partial charge in [0.25, 0.3) is 0 Å². The van der Waals surface area contributed by atoms with Crippen molar-refractivity contribution >= 4 is 29.7 Å². The van der Waals surface area contributed by atoms with Crippen LogP contribution in [0.2, 0.25) is 0 Å². The van der Waals surface area contributed by atoms with Gasteiger partial charge in [-0.15, -0.1) is 5.10 Å². The highest BCUT2D eigenvalue weighted by Crippen LogP contribution is 2.28. The average molecular weight is 397 g/mol. The van der Waals surface area contributed by atoms with Crippen molar-refractivity contribution in [3.05, 3.63) is 59.7 Å². The number of thioether (sulfide) groups is 1. The molecule has 0 aliphatic heterocycles. The second-order valence-corrected chi connectivity index (χ2v) is 6.47. The van der Waals surface area contributed by atoms with Crippen molar-refractivity contribution < 1.29 is 14.3 Å². The number of nitrogens with zero attached hydrogens (tertiary/aromatic N) is 3. The molecule has 0 aliphatic carbocycles. The van der Waals surface area contributed by atoms with Crippen molar-refractivity contribution in [1.82, 2.24) is 15.2 Å². The largest absolute Gasteiger partial charge is 0.493 e. The zero-order chi connectivity index (χ0) is 19.8. The first-order valence-electron chi connectivity index (χ1n) is 8.34. The Morgan fingerprint density at radius 1 is 1.18 bits per heavy atom. The van der Waals surface area contributed by atoms with E-state index in [1.165, 1.54) is 18.9 Å². The summed E-state index contributed by atoms with van der Waals surface area (Å²) in [6, 6.07) is 14.7. The van der Waals surface area contributed by atoms with E-state index in [-0.39, 0.29) is 11.5 Å². The van der Waals surface area contributed by atoms with Crippen LogP contribution < -0.4 is 14.9 Å². The standard InChI is InChI=1S/C19H19N5O3S/c1-26-16-9-8-14(10-17(16)27-2)15(25)12-28-19-21-18(23-24-19)22-20-11-13-6-4-3-5-7-13/h3-11H,12H2,1-2H3,(H2,21,22,23,24)/b20-11-. The minimum Gasteiger partial charge on any atom is -0.493 e. The van der Waals surface area contributed by atoms with Gasteiger partial charge in [0.1, 0.15) is 0 Å². The molecule has 8 nitrogen and oxygen atoms in total. The van der Waals surface area contributed by atoms with E-state index in [2.05, 4.69) is 25.7 Å². The highest BCUT2D eigenvalue weighted by atomic mass is 32.2. The molecule has 0 saturated heterocycles. The molecule has 0 radical (unpaired) electrons. The number of H-pyrrole nitrogens is 1. The third-order valence-electron chi connectivity index (χ3n) is 3.69. The highest BCUT2D eigenvalue weighted by molar-refractivity contribution is 7.99. The summed E-state index contributed by atoms with van der Waals surface area (Å²) < 4.78 is 10.4. The predicted molar refractivity (Wildman–Crippen MR) is 109 cm³/mol. The van der Waals surface area contributed by atoms with Crippen LogP contribution in [0.15, 0.2) is 58.8 Å². The molecule has 2 aromatic carbocycles. The molecule has 0 unspecified atom stereocenters. The Morgan fingerprint density at radius 2 is 1.96 bits per heavy atom. The van der Waals surface area contributed by atoms with Crippen LogP contribution in [-0.2, 0) is 0 Å². The van der Waals surface area contributed by atoms with Gasteiger partial charge in [-0.3, -0.25) is 4.79 Å². The summed E-state index contributed by atoms with van der Waals surface area (Å²) >= 11 is 1.23. The van der Waals surface area contributed by atoms with Gasteiger partial charge in [0.05, 0.1) is 26.2 Å². The zero-order valence-electron chi connectivity index (χ0n) is 15.4. The van der Waals surface area contributed by atoms with Crippen LogP contribution in [0.5, 0.6) is 11.5 Å². The van der Waals surface area contributed by atoms with Gasteiger partial charge < -0.3 is 9.47 Å². The maximum Gasteiger partial charge on any atom is 0.240 e. The third-order valence-corrected chi connectivity index (χ3v) is 4.53. The number of benzene rings is 2. The lowest BCUT2D eigenvalue weighted by atomic mass is 10.1. The maximum absolute atomic E-state index is 12.4. The number of hydrogen-bond donors (Lipinski definition) is 2. The van der Waals surface area contributed by atoms with Gasteiger partial charge in [0.15, 0.2) is 17.3 Å². The number of ether oxygens (including phenoxy) is 2.